The van der Waals surface area contributed by atoms with Gasteiger partial charge >= 0.3 is 6.03 Å². The van der Waals surface area contributed by atoms with Gasteiger partial charge in [-0.25, -0.2) is 4.79 Å². The van der Waals surface area contributed by atoms with Crippen molar-refractivity contribution in [1.29, 1.82) is 0 Å². The first-order chi connectivity index (χ1) is 10.3. The Morgan fingerprint density at radius 2 is 1.81 bits per heavy atom. The Morgan fingerprint density at radius 3 is 2.48 bits per heavy atom. The largest absolute Gasteiger partial charge is 0.322 e. The van der Waals surface area contributed by atoms with Crippen molar-refractivity contribution in [3.05, 3.63) is 53.4 Å². The summed E-state index contributed by atoms with van der Waals surface area (Å²) in [6.07, 6.45) is 0. The first kappa shape index (κ1) is 14.1. The number of carbonyl (C=O) groups excluding carboxylic acids is 1. The Labute approximate surface area is 129 Å². The van der Waals surface area contributed by atoms with Gasteiger partial charge in [-0.2, -0.15) is 0 Å². The van der Waals surface area contributed by atoms with Crippen molar-refractivity contribution in [2.45, 2.75) is 6.54 Å². The molecule has 0 spiro atoms. The topological polar surface area (TPSA) is 35.6 Å². The number of rotatable bonds is 3. The predicted molar refractivity (Wildman–Crippen MR) is 86.6 cm³/mol. The van der Waals surface area contributed by atoms with Crippen LogP contribution in [0.1, 0.15) is 5.56 Å². The highest BCUT2D eigenvalue weighted by atomic mass is 32.1. The summed E-state index contributed by atoms with van der Waals surface area (Å²) in [5, 5.41) is 5.82. The van der Waals surface area contributed by atoms with Crippen molar-refractivity contribution < 1.29 is 4.79 Å². The zero-order valence-electron chi connectivity index (χ0n) is 11.9. The number of urea groups is 1. The zero-order valence-corrected chi connectivity index (χ0v) is 12.7. The molecule has 0 saturated carbocycles. The minimum absolute atomic E-state index is 0.0109. The van der Waals surface area contributed by atoms with Gasteiger partial charge in [-0.1, -0.05) is 30.3 Å². The van der Waals surface area contributed by atoms with E-state index in [1.807, 2.05) is 28.5 Å². The van der Waals surface area contributed by atoms with Crippen molar-refractivity contribution in [1.82, 2.24) is 9.80 Å². The third-order valence-electron chi connectivity index (χ3n) is 3.66. The van der Waals surface area contributed by atoms with E-state index in [9.17, 15) is 4.79 Å². The summed E-state index contributed by atoms with van der Waals surface area (Å²) >= 11 is 1.55. The van der Waals surface area contributed by atoms with E-state index in [1.54, 1.807) is 11.3 Å². The molecule has 0 unspecified atom stereocenters. The van der Waals surface area contributed by atoms with E-state index in [2.05, 4.69) is 34.5 Å². The van der Waals surface area contributed by atoms with Gasteiger partial charge in [0.1, 0.15) is 0 Å². The molecule has 0 bridgehead atoms. The lowest BCUT2D eigenvalue weighted by atomic mass is 10.2. The summed E-state index contributed by atoms with van der Waals surface area (Å²) in [5.74, 6) is 0. The smallest absolute Gasteiger partial charge is 0.322 e. The second kappa shape index (κ2) is 6.74. The van der Waals surface area contributed by atoms with Crippen LogP contribution in [0.4, 0.5) is 9.80 Å². The number of nitrogens with one attached hydrogen (secondary N) is 1. The Kier molecular flexibility index (Phi) is 4.52. The summed E-state index contributed by atoms with van der Waals surface area (Å²) in [7, 11) is 0. The fraction of sp³-hybridized carbons (Fsp3) is 0.312. The number of benzene rings is 1. The Hall–Kier alpha value is -1.85. The molecule has 110 valence electrons. The van der Waals surface area contributed by atoms with Crippen molar-refractivity contribution in [3.8, 4) is 0 Å². The number of amides is 2. The van der Waals surface area contributed by atoms with E-state index in [-0.39, 0.29) is 6.03 Å². The van der Waals surface area contributed by atoms with E-state index >= 15 is 0 Å². The van der Waals surface area contributed by atoms with Crippen molar-refractivity contribution in [2.75, 3.05) is 31.5 Å². The van der Waals surface area contributed by atoms with Crippen LogP contribution in [0.2, 0.25) is 0 Å². The zero-order chi connectivity index (χ0) is 14.5. The molecular weight excluding hydrogens is 282 g/mol. The average Bonchev–Trinajstić information content (AvgIpc) is 3.02. The molecule has 3 rings (SSSR count). The van der Waals surface area contributed by atoms with Crippen LogP contribution in [0.5, 0.6) is 0 Å². The summed E-state index contributed by atoms with van der Waals surface area (Å²) < 4.78 is 0. The van der Waals surface area contributed by atoms with Gasteiger partial charge in [0.05, 0.1) is 5.00 Å². The number of carbonyl (C=O) groups is 1. The molecule has 5 heteroatoms. The van der Waals surface area contributed by atoms with Gasteiger partial charge in [0.15, 0.2) is 0 Å². The summed E-state index contributed by atoms with van der Waals surface area (Å²) in [4.78, 5) is 16.4. The Morgan fingerprint density at radius 1 is 1.05 bits per heavy atom. The number of thiophene rings is 1. The van der Waals surface area contributed by atoms with Gasteiger partial charge in [-0.15, -0.1) is 11.3 Å². The van der Waals surface area contributed by atoms with Gasteiger partial charge in [0.25, 0.3) is 0 Å². The SMILES string of the molecule is O=C(Nc1cccs1)N1CCN(Cc2ccccc2)CC1. The second-order valence-corrected chi connectivity index (χ2v) is 6.10. The van der Waals surface area contributed by atoms with Crippen molar-refractivity contribution >= 4 is 22.4 Å². The summed E-state index contributed by atoms with van der Waals surface area (Å²) in [5.41, 5.74) is 1.33. The average molecular weight is 301 g/mol. The fourth-order valence-electron chi connectivity index (χ4n) is 2.48. The highest BCUT2D eigenvalue weighted by molar-refractivity contribution is 7.14. The van der Waals surface area contributed by atoms with Gasteiger partial charge in [-0.3, -0.25) is 10.2 Å². The van der Waals surface area contributed by atoms with Crippen LogP contribution in [0.15, 0.2) is 47.8 Å². The van der Waals surface area contributed by atoms with Crippen LogP contribution in [0.3, 0.4) is 0 Å². The lowest BCUT2D eigenvalue weighted by molar-refractivity contribution is 0.143. The lowest BCUT2D eigenvalue weighted by Crippen LogP contribution is -2.49. The standard InChI is InChI=1S/C16H19N3OS/c20-16(17-15-7-4-12-21-15)19-10-8-18(9-11-19)13-14-5-2-1-3-6-14/h1-7,12H,8-11,13H2,(H,17,20). The lowest BCUT2D eigenvalue weighted by Gasteiger charge is -2.34. The Balaban J connectivity index is 1.47. The molecule has 1 fully saturated rings. The first-order valence-corrected chi connectivity index (χ1v) is 8.05. The minimum Gasteiger partial charge on any atom is -0.322 e. The highest BCUT2D eigenvalue weighted by Crippen LogP contribution is 2.16. The number of hydrogen-bond acceptors (Lipinski definition) is 3. The molecule has 1 aromatic heterocycles. The van der Waals surface area contributed by atoms with E-state index in [1.165, 1.54) is 5.56 Å². The Bertz CT molecular complexity index is 562. The summed E-state index contributed by atoms with van der Waals surface area (Å²) in [6.45, 7) is 4.37. The molecule has 0 aliphatic carbocycles. The van der Waals surface area contributed by atoms with Crippen LogP contribution in [0, 0.1) is 0 Å². The molecule has 0 atom stereocenters. The van der Waals surface area contributed by atoms with Gasteiger partial charge < -0.3 is 4.90 Å². The number of anilines is 1. The molecular formula is C16H19N3OS. The van der Waals surface area contributed by atoms with E-state index in [0.29, 0.717) is 0 Å². The maximum atomic E-state index is 12.1. The highest BCUT2D eigenvalue weighted by Gasteiger charge is 2.21. The molecule has 1 aliphatic heterocycles. The molecule has 1 saturated heterocycles. The molecule has 4 nitrogen and oxygen atoms in total. The van der Waals surface area contributed by atoms with E-state index in [0.717, 1.165) is 37.7 Å². The molecule has 0 radical (unpaired) electrons. The predicted octanol–water partition coefficient (Wildman–Crippen LogP) is 3.10. The number of piperazine rings is 1. The minimum atomic E-state index is 0.0109. The van der Waals surface area contributed by atoms with Crippen LogP contribution >= 0.6 is 11.3 Å². The molecule has 21 heavy (non-hydrogen) atoms. The van der Waals surface area contributed by atoms with Gasteiger partial charge in [-0.05, 0) is 23.1 Å². The normalized spacial score (nSPS) is 15.9. The molecule has 1 aliphatic rings. The number of hydrogen-bond donors (Lipinski definition) is 1. The molecule has 2 heterocycles. The number of nitrogens with zero attached hydrogens (tertiary/aromatic N) is 2. The quantitative estimate of drug-likeness (QED) is 0.945. The fourth-order valence-corrected chi connectivity index (χ4v) is 3.09. The maximum Gasteiger partial charge on any atom is 0.322 e. The van der Waals surface area contributed by atoms with Crippen molar-refractivity contribution in [3.63, 3.8) is 0 Å². The molecule has 1 aromatic carbocycles. The van der Waals surface area contributed by atoms with Crippen LogP contribution in [0.25, 0.3) is 0 Å². The third-order valence-corrected chi connectivity index (χ3v) is 4.45. The maximum absolute atomic E-state index is 12.1. The molecule has 2 aromatic rings. The van der Waals surface area contributed by atoms with Crippen LogP contribution < -0.4 is 5.32 Å². The molecule has 1 N–H and O–H groups in total. The van der Waals surface area contributed by atoms with Crippen molar-refractivity contribution in [2.24, 2.45) is 0 Å². The van der Waals surface area contributed by atoms with Gasteiger partial charge in [0, 0.05) is 32.7 Å². The second-order valence-electron chi connectivity index (χ2n) is 5.16. The first-order valence-electron chi connectivity index (χ1n) is 7.17. The van der Waals surface area contributed by atoms with Crippen LogP contribution in [-0.2, 0) is 6.54 Å². The third kappa shape index (κ3) is 3.83. The van der Waals surface area contributed by atoms with Gasteiger partial charge in [0.2, 0.25) is 0 Å². The summed E-state index contributed by atoms with van der Waals surface area (Å²) in [6, 6.07) is 14.4. The van der Waals surface area contributed by atoms with E-state index in [4.69, 9.17) is 0 Å². The monoisotopic (exact) mass is 301 g/mol. The van der Waals surface area contributed by atoms with Crippen LogP contribution in [-0.4, -0.2) is 42.0 Å². The molecule has 2 amide bonds. The van der Waals surface area contributed by atoms with E-state index < -0.39 is 0 Å².